The number of hydrogen-bond acceptors (Lipinski definition) is 3. The Morgan fingerprint density at radius 1 is 1.10 bits per heavy atom. The van der Waals surface area contributed by atoms with E-state index < -0.39 is 0 Å². The first kappa shape index (κ1) is 14.5. The van der Waals surface area contributed by atoms with Crippen molar-refractivity contribution < 1.29 is 4.74 Å². The van der Waals surface area contributed by atoms with Crippen LogP contribution in [0.15, 0.2) is 42.6 Å². The Labute approximate surface area is 120 Å². The van der Waals surface area contributed by atoms with E-state index in [0.717, 1.165) is 23.6 Å². The predicted octanol–water partition coefficient (Wildman–Crippen LogP) is 4.02. The lowest BCUT2D eigenvalue weighted by Gasteiger charge is -2.23. The molecular weight excluding hydrogens is 248 g/mol. The van der Waals surface area contributed by atoms with Crippen LogP contribution in [0.25, 0.3) is 0 Å². The van der Waals surface area contributed by atoms with E-state index in [2.05, 4.69) is 37.9 Å². The molecule has 0 atom stereocenters. The maximum atomic E-state index is 5.83. The lowest BCUT2D eigenvalue weighted by atomic mass is 9.82. The van der Waals surface area contributed by atoms with Crippen LogP contribution < -0.4 is 10.5 Å². The summed E-state index contributed by atoms with van der Waals surface area (Å²) < 4.78 is 5.83. The molecule has 2 N–H and O–H groups in total. The normalized spacial score (nSPS) is 11.4. The molecule has 0 saturated carbocycles. The Kier molecular flexibility index (Phi) is 4.40. The molecular formula is C17H22N2O. The van der Waals surface area contributed by atoms with Gasteiger partial charge < -0.3 is 10.5 Å². The second kappa shape index (κ2) is 6.06. The Morgan fingerprint density at radius 2 is 1.80 bits per heavy atom. The summed E-state index contributed by atoms with van der Waals surface area (Å²) in [7, 11) is 0. The lowest BCUT2D eigenvalue weighted by Crippen LogP contribution is -2.14. The molecule has 0 fully saturated rings. The van der Waals surface area contributed by atoms with Crippen molar-refractivity contribution in [3.8, 4) is 11.5 Å². The molecule has 0 bridgehead atoms. The first-order valence-corrected chi connectivity index (χ1v) is 6.98. The number of nitrogens with two attached hydrogens (primary N) is 1. The molecule has 0 aliphatic rings. The molecule has 1 aromatic carbocycles. The quantitative estimate of drug-likeness (QED) is 0.892. The highest BCUT2D eigenvalue weighted by Crippen LogP contribution is 2.29. The third-order valence-electron chi connectivity index (χ3n) is 3.75. The smallest absolute Gasteiger partial charge is 0.130 e. The van der Waals surface area contributed by atoms with Crippen LogP contribution in [0.1, 0.15) is 38.4 Å². The molecule has 0 spiro atoms. The van der Waals surface area contributed by atoms with Gasteiger partial charge in [-0.2, -0.15) is 0 Å². The van der Waals surface area contributed by atoms with Gasteiger partial charge in [0.2, 0.25) is 0 Å². The third-order valence-corrected chi connectivity index (χ3v) is 3.75. The van der Waals surface area contributed by atoms with Crippen molar-refractivity contribution in [2.45, 2.75) is 39.2 Å². The van der Waals surface area contributed by atoms with E-state index in [1.54, 1.807) is 6.20 Å². The summed E-state index contributed by atoms with van der Waals surface area (Å²) in [5.41, 5.74) is 7.92. The minimum atomic E-state index is 0.196. The van der Waals surface area contributed by atoms with Gasteiger partial charge in [0.1, 0.15) is 11.5 Å². The summed E-state index contributed by atoms with van der Waals surface area (Å²) in [6, 6.07) is 12.0. The first-order valence-electron chi connectivity index (χ1n) is 6.98. The van der Waals surface area contributed by atoms with E-state index >= 15 is 0 Å². The number of nitrogens with zero attached hydrogens (tertiary/aromatic N) is 1. The fourth-order valence-electron chi connectivity index (χ4n) is 1.95. The third kappa shape index (κ3) is 3.36. The fraction of sp³-hybridized carbons (Fsp3) is 0.353. The van der Waals surface area contributed by atoms with E-state index in [0.29, 0.717) is 6.54 Å². The first-order chi connectivity index (χ1) is 9.55. The number of ether oxygens (including phenoxy) is 1. The highest BCUT2D eigenvalue weighted by atomic mass is 16.5. The van der Waals surface area contributed by atoms with Crippen molar-refractivity contribution >= 4 is 0 Å². The number of pyridine rings is 1. The monoisotopic (exact) mass is 270 g/mol. The van der Waals surface area contributed by atoms with Crippen molar-refractivity contribution in [3.63, 3.8) is 0 Å². The summed E-state index contributed by atoms with van der Waals surface area (Å²) in [4.78, 5) is 4.15. The highest BCUT2D eigenvalue weighted by Gasteiger charge is 2.17. The zero-order valence-corrected chi connectivity index (χ0v) is 12.4. The maximum Gasteiger partial charge on any atom is 0.130 e. The molecule has 0 aliphatic heterocycles. The van der Waals surface area contributed by atoms with Gasteiger partial charge in [0.25, 0.3) is 0 Å². The molecule has 0 saturated heterocycles. The Balaban J connectivity index is 2.14. The van der Waals surface area contributed by atoms with Gasteiger partial charge in [0.05, 0.1) is 5.69 Å². The van der Waals surface area contributed by atoms with Crippen molar-refractivity contribution in [2.24, 2.45) is 5.73 Å². The van der Waals surface area contributed by atoms with Gasteiger partial charge in [-0.05, 0) is 35.6 Å². The number of rotatable bonds is 5. The summed E-state index contributed by atoms with van der Waals surface area (Å²) in [6.07, 6.45) is 2.82. The van der Waals surface area contributed by atoms with E-state index in [9.17, 15) is 0 Å². The molecule has 20 heavy (non-hydrogen) atoms. The molecule has 1 aromatic heterocycles. The van der Waals surface area contributed by atoms with Gasteiger partial charge in [-0.1, -0.05) is 32.9 Å². The minimum absolute atomic E-state index is 0.196. The molecule has 0 unspecified atom stereocenters. The highest BCUT2D eigenvalue weighted by molar-refractivity contribution is 5.35. The Bertz CT molecular complexity index is 561. The molecule has 2 aromatic rings. The average Bonchev–Trinajstić information content (AvgIpc) is 2.48. The van der Waals surface area contributed by atoms with Crippen LogP contribution in [0, 0.1) is 0 Å². The molecule has 3 heteroatoms. The van der Waals surface area contributed by atoms with Gasteiger partial charge in [0.15, 0.2) is 0 Å². The fourth-order valence-corrected chi connectivity index (χ4v) is 1.95. The Morgan fingerprint density at radius 3 is 2.40 bits per heavy atom. The average molecular weight is 270 g/mol. The van der Waals surface area contributed by atoms with E-state index in [1.807, 2.05) is 24.3 Å². The molecule has 3 nitrogen and oxygen atoms in total. The lowest BCUT2D eigenvalue weighted by molar-refractivity contribution is 0.476. The van der Waals surface area contributed by atoms with E-state index in [-0.39, 0.29) is 5.41 Å². The standard InChI is InChI=1S/C17H22N2O/c1-4-17(2,3)13-5-7-15(8-6-13)20-16-9-10-19-14(11-16)12-18/h5-11H,4,12,18H2,1-3H3. The minimum Gasteiger partial charge on any atom is -0.457 e. The SMILES string of the molecule is CCC(C)(C)c1ccc(Oc2ccnc(CN)c2)cc1. The van der Waals surface area contributed by atoms with Crippen LogP contribution >= 0.6 is 0 Å². The van der Waals surface area contributed by atoms with Gasteiger partial charge in [0, 0.05) is 18.8 Å². The van der Waals surface area contributed by atoms with Crippen LogP contribution in [-0.2, 0) is 12.0 Å². The summed E-state index contributed by atoms with van der Waals surface area (Å²) in [5.74, 6) is 1.60. The topological polar surface area (TPSA) is 48.1 Å². The zero-order valence-electron chi connectivity index (χ0n) is 12.4. The number of hydrogen-bond donors (Lipinski definition) is 1. The summed E-state index contributed by atoms with van der Waals surface area (Å²) in [5, 5.41) is 0. The van der Waals surface area contributed by atoms with Gasteiger partial charge in [-0.15, -0.1) is 0 Å². The molecule has 0 aliphatic carbocycles. The van der Waals surface area contributed by atoms with Gasteiger partial charge in [-0.25, -0.2) is 0 Å². The predicted molar refractivity (Wildman–Crippen MR) is 82.0 cm³/mol. The largest absolute Gasteiger partial charge is 0.457 e. The summed E-state index contributed by atoms with van der Waals surface area (Å²) >= 11 is 0. The molecule has 0 amide bonds. The van der Waals surface area contributed by atoms with Crippen molar-refractivity contribution in [3.05, 3.63) is 53.9 Å². The molecule has 106 valence electrons. The second-order valence-electron chi connectivity index (χ2n) is 5.55. The zero-order chi connectivity index (χ0) is 14.6. The van der Waals surface area contributed by atoms with Crippen molar-refractivity contribution in [1.29, 1.82) is 0 Å². The van der Waals surface area contributed by atoms with Gasteiger partial charge >= 0.3 is 0 Å². The summed E-state index contributed by atoms with van der Waals surface area (Å²) in [6.45, 7) is 7.12. The number of aromatic nitrogens is 1. The van der Waals surface area contributed by atoms with Crippen LogP contribution in [-0.4, -0.2) is 4.98 Å². The molecule has 1 heterocycles. The van der Waals surface area contributed by atoms with Crippen LogP contribution in [0.2, 0.25) is 0 Å². The van der Waals surface area contributed by atoms with Crippen LogP contribution in [0.3, 0.4) is 0 Å². The second-order valence-corrected chi connectivity index (χ2v) is 5.55. The molecule has 2 rings (SSSR count). The maximum absolute atomic E-state index is 5.83. The van der Waals surface area contributed by atoms with Gasteiger partial charge in [-0.3, -0.25) is 4.98 Å². The Hall–Kier alpha value is -1.87. The number of benzene rings is 1. The van der Waals surface area contributed by atoms with E-state index in [4.69, 9.17) is 10.5 Å². The van der Waals surface area contributed by atoms with Crippen molar-refractivity contribution in [2.75, 3.05) is 0 Å². The molecule has 0 radical (unpaired) electrons. The van der Waals surface area contributed by atoms with Crippen LogP contribution in [0.4, 0.5) is 0 Å². The van der Waals surface area contributed by atoms with Crippen LogP contribution in [0.5, 0.6) is 11.5 Å². The van der Waals surface area contributed by atoms with E-state index in [1.165, 1.54) is 5.56 Å². The van der Waals surface area contributed by atoms with Crippen molar-refractivity contribution in [1.82, 2.24) is 4.98 Å².